The molecule has 0 fully saturated rings. The molecule has 4 nitrogen and oxygen atoms in total. The molecule has 0 aromatic heterocycles. The number of aryl methyl sites for hydroxylation is 1. The van der Waals surface area contributed by atoms with Crippen molar-refractivity contribution in [1.82, 2.24) is 5.32 Å². The van der Waals surface area contributed by atoms with Gasteiger partial charge in [0.1, 0.15) is 5.75 Å². The molecule has 0 saturated carbocycles. The second kappa shape index (κ2) is 6.95. The first kappa shape index (κ1) is 17.0. The van der Waals surface area contributed by atoms with Crippen molar-refractivity contribution in [3.63, 3.8) is 0 Å². The number of nitrogens with one attached hydrogen (secondary N) is 1. The lowest BCUT2D eigenvalue weighted by Crippen LogP contribution is -2.34. The molecule has 1 atom stereocenters. The Morgan fingerprint density at radius 1 is 1.12 bits per heavy atom. The normalized spacial score (nSPS) is 17.3. The Hall–Kier alpha value is -1.85. The summed E-state index contributed by atoms with van der Waals surface area (Å²) in [5.74, 6) is 0.908. The van der Waals surface area contributed by atoms with Crippen LogP contribution in [0.4, 0.5) is 0 Å². The number of benzene rings is 2. The van der Waals surface area contributed by atoms with Gasteiger partial charge in [-0.2, -0.15) is 0 Å². The summed E-state index contributed by atoms with van der Waals surface area (Å²) in [6, 6.07) is 13.8. The predicted molar refractivity (Wildman–Crippen MR) is 95.2 cm³/mol. The third-order valence-corrected chi connectivity index (χ3v) is 5.72. The van der Waals surface area contributed by atoms with Crippen LogP contribution in [0.15, 0.2) is 47.4 Å². The van der Waals surface area contributed by atoms with Gasteiger partial charge in [0, 0.05) is 18.8 Å². The van der Waals surface area contributed by atoms with E-state index >= 15 is 0 Å². The number of hydrogen-bond acceptors (Lipinski definition) is 4. The summed E-state index contributed by atoms with van der Waals surface area (Å²) in [6.45, 7) is 0.744. The highest BCUT2D eigenvalue weighted by Crippen LogP contribution is 2.25. The van der Waals surface area contributed by atoms with Crippen LogP contribution in [0.2, 0.25) is 0 Å². The summed E-state index contributed by atoms with van der Waals surface area (Å²) >= 11 is 0. The van der Waals surface area contributed by atoms with Gasteiger partial charge in [-0.1, -0.05) is 18.2 Å². The molecule has 0 amide bonds. The van der Waals surface area contributed by atoms with Gasteiger partial charge in [0.2, 0.25) is 0 Å². The molecular weight excluding hydrogens is 322 g/mol. The van der Waals surface area contributed by atoms with Crippen molar-refractivity contribution < 1.29 is 13.2 Å². The summed E-state index contributed by atoms with van der Waals surface area (Å²) in [5.41, 5.74) is 3.86. The first-order valence-corrected chi connectivity index (χ1v) is 10.0. The third kappa shape index (κ3) is 3.97. The fourth-order valence-corrected chi connectivity index (χ4v) is 3.78. The molecule has 0 heterocycles. The average molecular weight is 345 g/mol. The average Bonchev–Trinajstić information content (AvgIpc) is 2.58. The second-order valence-electron chi connectivity index (χ2n) is 6.37. The van der Waals surface area contributed by atoms with Gasteiger partial charge in [-0.3, -0.25) is 0 Å². The first-order chi connectivity index (χ1) is 11.5. The van der Waals surface area contributed by atoms with Crippen LogP contribution in [0.1, 0.15) is 23.1 Å². The summed E-state index contributed by atoms with van der Waals surface area (Å²) in [5, 5.41) is 3.58. The van der Waals surface area contributed by atoms with Crippen molar-refractivity contribution in [3.05, 3.63) is 59.2 Å². The molecule has 24 heavy (non-hydrogen) atoms. The maximum atomic E-state index is 11.5. The Morgan fingerprint density at radius 2 is 1.88 bits per heavy atom. The molecule has 2 aromatic carbocycles. The van der Waals surface area contributed by atoms with Crippen molar-refractivity contribution in [2.75, 3.05) is 13.4 Å². The molecule has 1 N–H and O–H groups in total. The van der Waals surface area contributed by atoms with E-state index in [-0.39, 0.29) is 0 Å². The zero-order chi connectivity index (χ0) is 17.2. The number of rotatable bonds is 5. The monoisotopic (exact) mass is 345 g/mol. The molecule has 1 aliphatic rings. The number of hydrogen-bond donors (Lipinski definition) is 1. The van der Waals surface area contributed by atoms with Gasteiger partial charge in [0.05, 0.1) is 12.0 Å². The van der Waals surface area contributed by atoms with E-state index in [9.17, 15) is 8.42 Å². The van der Waals surface area contributed by atoms with Crippen molar-refractivity contribution in [1.29, 1.82) is 0 Å². The topological polar surface area (TPSA) is 55.4 Å². The molecule has 2 aromatic rings. The molecule has 0 radical (unpaired) electrons. The van der Waals surface area contributed by atoms with Gasteiger partial charge in [-0.25, -0.2) is 8.42 Å². The molecule has 1 aliphatic carbocycles. The summed E-state index contributed by atoms with van der Waals surface area (Å²) < 4.78 is 28.3. The lowest BCUT2D eigenvalue weighted by atomic mass is 9.88. The smallest absolute Gasteiger partial charge is 0.175 e. The van der Waals surface area contributed by atoms with E-state index in [4.69, 9.17) is 4.74 Å². The Balaban J connectivity index is 1.61. The van der Waals surface area contributed by atoms with Gasteiger partial charge in [0.15, 0.2) is 9.84 Å². The SMILES string of the molecule is COc1ccc2c(c1)C[C@H](NCc1ccc(S(C)(=O)=O)cc1)CC2. The standard InChI is InChI=1S/C19H23NO3S/c1-23-18-8-6-15-5-7-17(11-16(15)12-18)20-13-14-3-9-19(10-4-14)24(2,21)22/h3-4,6,8-10,12,17,20H,5,7,11,13H2,1-2H3/t17-/m1/s1. The molecule has 0 spiro atoms. The maximum absolute atomic E-state index is 11.5. The van der Waals surface area contributed by atoms with Gasteiger partial charge in [-0.05, 0) is 60.2 Å². The van der Waals surface area contributed by atoms with Crippen LogP contribution < -0.4 is 10.1 Å². The van der Waals surface area contributed by atoms with Gasteiger partial charge < -0.3 is 10.1 Å². The lowest BCUT2D eigenvalue weighted by molar-refractivity contribution is 0.411. The van der Waals surface area contributed by atoms with Crippen LogP contribution in [0.5, 0.6) is 5.75 Å². The molecule has 0 unspecified atom stereocenters. The molecule has 0 bridgehead atoms. The van der Waals surface area contributed by atoms with E-state index in [0.29, 0.717) is 10.9 Å². The van der Waals surface area contributed by atoms with Crippen LogP contribution in [-0.2, 0) is 29.2 Å². The Labute approximate surface area is 143 Å². The number of ether oxygens (including phenoxy) is 1. The first-order valence-electron chi connectivity index (χ1n) is 8.14. The van der Waals surface area contributed by atoms with Crippen LogP contribution in [0, 0.1) is 0 Å². The minimum absolute atomic E-state index is 0.366. The van der Waals surface area contributed by atoms with E-state index in [1.807, 2.05) is 18.2 Å². The Bertz CT molecular complexity index is 813. The van der Waals surface area contributed by atoms with Crippen LogP contribution in [0.25, 0.3) is 0 Å². The molecule has 0 aliphatic heterocycles. The highest BCUT2D eigenvalue weighted by molar-refractivity contribution is 7.90. The predicted octanol–water partition coefficient (Wildman–Crippen LogP) is 2.75. The molecule has 128 valence electrons. The van der Waals surface area contributed by atoms with E-state index in [1.54, 1.807) is 19.2 Å². The third-order valence-electron chi connectivity index (χ3n) is 4.59. The van der Waals surface area contributed by atoms with Crippen molar-refractivity contribution in [3.8, 4) is 5.75 Å². The largest absolute Gasteiger partial charge is 0.497 e. The summed E-state index contributed by atoms with van der Waals surface area (Å²) in [6.07, 6.45) is 4.41. The zero-order valence-corrected chi connectivity index (χ0v) is 14.9. The fraction of sp³-hybridized carbons (Fsp3) is 0.368. The quantitative estimate of drug-likeness (QED) is 0.905. The maximum Gasteiger partial charge on any atom is 0.175 e. The zero-order valence-electron chi connectivity index (χ0n) is 14.1. The van der Waals surface area contributed by atoms with Crippen molar-refractivity contribution in [2.45, 2.75) is 36.7 Å². The van der Waals surface area contributed by atoms with Gasteiger partial charge in [0.25, 0.3) is 0 Å². The Kier molecular flexibility index (Phi) is 4.92. The van der Waals surface area contributed by atoms with Gasteiger partial charge in [-0.15, -0.1) is 0 Å². The van der Waals surface area contributed by atoms with E-state index < -0.39 is 9.84 Å². The minimum atomic E-state index is -3.13. The highest BCUT2D eigenvalue weighted by Gasteiger charge is 2.18. The second-order valence-corrected chi connectivity index (χ2v) is 8.39. The van der Waals surface area contributed by atoms with E-state index in [0.717, 1.165) is 37.1 Å². The van der Waals surface area contributed by atoms with E-state index in [2.05, 4.69) is 17.4 Å². The number of methoxy groups -OCH3 is 1. The molecule has 3 rings (SSSR count). The number of sulfone groups is 1. The van der Waals surface area contributed by atoms with Gasteiger partial charge >= 0.3 is 0 Å². The lowest BCUT2D eigenvalue weighted by Gasteiger charge is -2.26. The molecule has 5 heteroatoms. The van der Waals surface area contributed by atoms with Crippen LogP contribution in [0.3, 0.4) is 0 Å². The molecular formula is C19H23NO3S. The highest BCUT2D eigenvalue weighted by atomic mass is 32.2. The van der Waals surface area contributed by atoms with Crippen LogP contribution in [-0.4, -0.2) is 27.8 Å². The Morgan fingerprint density at radius 3 is 2.54 bits per heavy atom. The number of fused-ring (bicyclic) bond motifs is 1. The fourth-order valence-electron chi connectivity index (χ4n) is 3.15. The summed E-state index contributed by atoms with van der Waals surface area (Å²) in [4.78, 5) is 0.366. The van der Waals surface area contributed by atoms with Crippen LogP contribution >= 0.6 is 0 Å². The molecule has 0 saturated heterocycles. The summed E-state index contributed by atoms with van der Waals surface area (Å²) in [7, 11) is -1.43. The van der Waals surface area contributed by atoms with Crippen molar-refractivity contribution in [2.24, 2.45) is 0 Å². The minimum Gasteiger partial charge on any atom is -0.497 e. The van der Waals surface area contributed by atoms with Crippen molar-refractivity contribution >= 4 is 9.84 Å². The van der Waals surface area contributed by atoms with E-state index in [1.165, 1.54) is 17.4 Å².